The number of pyridine rings is 1. The summed E-state index contributed by atoms with van der Waals surface area (Å²) in [6.45, 7) is 6.33. The molecule has 0 radical (unpaired) electrons. The first-order valence-corrected chi connectivity index (χ1v) is 5.76. The number of carbonyl (C=O) groups excluding carboxylic acids is 1. The predicted molar refractivity (Wildman–Crippen MR) is 67.7 cm³/mol. The van der Waals surface area contributed by atoms with Crippen LogP contribution < -0.4 is 15.4 Å². The fraction of sp³-hybridized carbons (Fsp3) is 0.500. The van der Waals surface area contributed by atoms with Gasteiger partial charge >= 0.3 is 6.09 Å². The summed E-state index contributed by atoms with van der Waals surface area (Å²) in [4.78, 5) is 17.5. The lowest BCUT2D eigenvalue weighted by Crippen LogP contribution is -2.41. The van der Waals surface area contributed by atoms with E-state index in [1.54, 1.807) is 6.07 Å². The SMILES string of the molecule is CC(C)(C)OC(=O)N1CCOc2cc(N)ncc21. The molecule has 0 atom stereocenters. The first kappa shape index (κ1) is 12.5. The number of carbonyl (C=O) groups is 1. The summed E-state index contributed by atoms with van der Waals surface area (Å²) in [5, 5.41) is 0. The molecule has 0 aromatic carbocycles. The zero-order valence-electron chi connectivity index (χ0n) is 10.8. The minimum absolute atomic E-state index is 0.361. The molecule has 0 bridgehead atoms. The number of anilines is 2. The fourth-order valence-corrected chi connectivity index (χ4v) is 1.64. The molecule has 0 unspecified atom stereocenters. The number of nitrogens with zero attached hydrogens (tertiary/aromatic N) is 2. The summed E-state index contributed by atoms with van der Waals surface area (Å²) in [6, 6.07) is 1.60. The molecule has 18 heavy (non-hydrogen) atoms. The van der Waals surface area contributed by atoms with Gasteiger partial charge in [0.25, 0.3) is 0 Å². The number of fused-ring (bicyclic) bond motifs is 1. The van der Waals surface area contributed by atoms with E-state index in [0.29, 0.717) is 30.4 Å². The maximum atomic E-state index is 12.1. The number of nitrogen functional groups attached to an aromatic ring is 1. The van der Waals surface area contributed by atoms with Crippen molar-refractivity contribution >= 4 is 17.6 Å². The van der Waals surface area contributed by atoms with Gasteiger partial charge in [0.2, 0.25) is 0 Å². The van der Waals surface area contributed by atoms with Crippen LogP contribution in [-0.2, 0) is 4.74 Å². The average Bonchev–Trinajstić information content (AvgIpc) is 2.25. The van der Waals surface area contributed by atoms with E-state index in [2.05, 4.69) is 4.98 Å². The monoisotopic (exact) mass is 251 g/mol. The highest BCUT2D eigenvalue weighted by Crippen LogP contribution is 2.32. The van der Waals surface area contributed by atoms with Crippen molar-refractivity contribution in [1.29, 1.82) is 0 Å². The van der Waals surface area contributed by atoms with E-state index in [4.69, 9.17) is 15.2 Å². The second kappa shape index (κ2) is 4.36. The molecule has 1 aromatic rings. The van der Waals surface area contributed by atoms with E-state index < -0.39 is 11.7 Å². The van der Waals surface area contributed by atoms with Gasteiger partial charge in [-0.3, -0.25) is 4.90 Å². The maximum absolute atomic E-state index is 12.1. The number of nitrogens with two attached hydrogens (primary N) is 1. The summed E-state index contributed by atoms with van der Waals surface area (Å²) >= 11 is 0. The Balaban J connectivity index is 2.25. The Morgan fingerprint density at radius 3 is 2.94 bits per heavy atom. The Labute approximate surface area is 106 Å². The Morgan fingerprint density at radius 1 is 1.56 bits per heavy atom. The minimum atomic E-state index is -0.531. The minimum Gasteiger partial charge on any atom is -0.489 e. The topological polar surface area (TPSA) is 77.7 Å². The van der Waals surface area contributed by atoms with Crippen molar-refractivity contribution in [2.45, 2.75) is 26.4 Å². The molecule has 2 rings (SSSR count). The molecule has 0 aliphatic carbocycles. The molecule has 1 aromatic heterocycles. The van der Waals surface area contributed by atoms with Crippen LogP contribution in [0.4, 0.5) is 16.3 Å². The summed E-state index contributed by atoms with van der Waals surface area (Å²) in [6.07, 6.45) is 1.12. The van der Waals surface area contributed by atoms with E-state index in [1.807, 2.05) is 20.8 Å². The summed E-state index contributed by atoms with van der Waals surface area (Å²) in [5.74, 6) is 0.916. The normalized spacial score (nSPS) is 14.7. The van der Waals surface area contributed by atoms with Gasteiger partial charge in [0, 0.05) is 6.07 Å². The van der Waals surface area contributed by atoms with Crippen LogP contribution >= 0.6 is 0 Å². The predicted octanol–water partition coefficient (Wildman–Crippen LogP) is 1.80. The van der Waals surface area contributed by atoms with Gasteiger partial charge in [-0.2, -0.15) is 0 Å². The maximum Gasteiger partial charge on any atom is 0.415 e. The van der Waals surface area contributed by atoms with Gasteiger partial charge in [-0.15, -0.1) is 0 Å². The van der Waals surface area contributed by atoms with Crippen LogP contribution in [0.5, 0.6) is 5.75 Å². The highest BCUT2D eigenvalue weighted by molar-refractivity contribution is 5.90. The molecule has 1 amide bonds. The van der Waals surface area contributed by atoms with Crippen molar-refractivity contribution in [3.8, 4) is 5.75 Å². The van der Waals surface area contributed by atoms with E-state index in [9.17, 15) is 4.79 Å². The van der Waals surface area contributed by atoms with Crippen LogP contribution in [0.1, 0.15) is 20.8 Å². The Bertz CT molecular complexity index is 468. The van der Waals surface area contributed by atoms with Crippen LogP contribution in [-0.4, -0.2) is 29.8 Å². The third-order valence-corrected chi connectivity index (χ3v) is 2.34. The van der Waals surface area contributed by atoms with Gasteiger partial charge < -0.3 is 15.2 Å². The fourth-order valence-electron chi connectivity index (χ4n) is 1.64. The number of rotatable bonds is 0. The van der Waals surface area contributed by atoms with E-state index in [-0.39, 0.29) is 0 Å². The van der Waals surface area contributed by atoms with Crippen LogP contribution in [0.2, 0.25) is 0 Å². The lowest BCUT2D eigenvalue weighted by molar-refractivity contribution is 0.0567. The third-order valence-electron chi connectivity index (χ3n) is 2.34. The van der Waals surface area contributed by atoms with Crippen LogP contribution in [0.25, 0.3) is 0 Å². The zero-order valence-corrected chi connectivity index (χ0v) is 10.8. The zero-order chi connectivity index (χ0) is 13.3. The lowest BCUT2D eigenvalue weighted by atomic mass is 10.2. The molecule has 1 aliphatic heterocycles. The van der Waals surface area contributed by atoms with Gasteiger partial charge in [0.1, 0.15) is 29.5 Å². The number of hydrogen-bond acceptors (Lipinski definition) is 5. The summed E-state index contributed by atoms with van der Waals surface area (Å²) < 4.78 is 10.8. The van der Waals surface area contributed by atoms with E-state index in [1.165, 1.54) is 11.1 Å². The Kier molecular flexibility index (Phi) is 3.02. The summed E-state index contributed by atoms with van der Waals surface area (Å²) in [7, 11) is 0. The molecule has 1 aliphatic rings. The number of ether oxygens (including phenoxy) is 2. The second-order valence-electron chi connectivity index (χ2n) is 5.06. The lowest BCUT2D eigenvalue weighted by Gasteiger charge is -2.31. The standard InChI is InChI=1S/C12H17N3O3/c1-12(2,3)18-11(16)15-4-5-17-9-6-10(13)14-7-8(9)15/h6-7H,4-5H2,1-3H3,(H2,13,14). The number of hydrogen-bond donors (Lipinski definition) is 1. The number of aromatic nitrogens is 1. The Morgan fingerprint density at radius 2 is 2.28 bits per heavy atom. The highest BCUT2D eigenvalue weighted by Gasteiger charge is 2.28. The molecular formula is C12H17N3O3. The van der Waals surface area contributed by atoms with Gasteiger partial charge in [-0.05, 0) is 20.8 Å². The molecule has 6 heteroatoms. The van der Waals surface area contributed by atoms with E-state index >= 15 is 0 Å². The van der Waals surface area contributed by atoms with Gasteiger partial charge in [-0.1, -0.05) is 0 Å². The molecule has 0 saturated carbocycles. The smallest absolute Gasteiger partial charge is 0.415 e. The van der Waals surface area contributed by atoms with Crippen molar-refractivity contribution in [2.24, 2.45) is 0 Å². The number of amides is 1. The molecule has 6 nitrogen and oxygen atoms in total. The molecule has 98 valence electrons. The Hall–Kier alpha value is -1.98. The second-order valence-corrected chi connectivity index (χ2v) is 5.06. The first-order valence-electron chi connectivity index (χ1n) is 5.76. The van der Waals surface area contributed by atoms with Crippen molar-refractivity contribution in [3.63, 3.8) is 0 Å². The largest absolute Gasteiger partial charge is 0.489 e. The van der Waals surface area contributed by atoms with Crippen LogP contribution in [0.15, 0.2) is 12.3 Å². The van der Waals surface area contributed by atoms with Gasteiger partial charge in [0.15, 0.2) is 0 Å². The molecular weight excluding hydrogens is 234 g/mol. The molecule has 0 saturated heterocycles. The van der Waals surface area contributed by atoms with Crippen molar-refractivity contribution < 1.29 is 14.3 Å². The van der Waals surface area contributed by atoms with Crippen LogP contribution in [0, 0.1) is 0 Å². The van der Waals surface area contributed by atoms with E-state index in [0.717, 1.165) is 0 Å². The van der Waals surface area contributed by atoms with Crippen molar-refractivity contribution in [1.82, 2.24) is 4.98 Å². The van der Waals surface area contributed by atoms with Crippen molar-refractivity contribution in [2.75, 3.05) is 23.8 Å². The first-order chi connectivity index (χ1) is 8.37. The molecule has 0 spiro atoms. The van der Waals surface area contributed by atoms with Crippen molar-refractivity contribution in [3.05, 3.63) is 12.3 Å². The molecule has 0 fully saturated rings. The summed E-state index contributed by atoms with van der Waals surface area (Å²) in [5.41, 5.74) is 5.64. The van der Waals surface area contributed by atoms with Gasteiger partial charge in [-0.25, -0.2) is 9.78 Å². The average molecular weight is 251 g/mol. The molecule has 2 heterocycles. The molecule has 2 N–H and O–H groups in total. The van der Waals surface area contributed by atoms with Crippen LogP contribution in [0.3, 0.4) is 0 Å². The quantitative estimate of drug-likeness (QED) is 0.760. The highest BCUT2D eigenvalue weighted by atomic mass is 16.6. The third kappa shape index (κ3) is 2.64. The van der Waals surface area contributed by atoms with Gasteiger partial charge in [0.05, 0.1) is 12.7 Å².